The first kappa shape index (κ1) is 30.6. The van der Waals surface area contributed by atoms with E-state index in [-0.39, 0.29) is 16.5 Å². The van der Waals surface area contributed by atoms with Crippen molar-refractivity contribution in [1.29, 1.82) is 0 Å². The highest BCUT2D eigenvalue weighted by molar-refractivity contribution is 7.98. The number of carbonyl (C=O) groups is 2. The van der Waals surface area contributed by atoms with E-state index in [1.54, 1.807) is 22.8 Å². The first-order valence-corrected chi connectivity index (χ1v) is 16.7. The van der Waals surface area contributed by atoms with Crippen LogP contribution in [0.5, 0.6) is 0 Å². The smallest absolute Gasteiger partial charge is 0.355 e. The molecule has 41 heavy (non-hydrogen) atoms. The van der Waals surface area contributed by atoms with Crippen LogP contribution in [-0.4, -0.2) is 47.9 Å². The highest BCUT2D eigenvalue weighted by Crippen LogP contribution is 2.30. The molecule has 0 bridgehead atoms. The maximum Gasteiger partial charge on any atom is 0.355 e. The van der Waals surface area contributed by atoms with Crippen LogP contribution in [0.4, 0.5) is 4.79 Å². The summed E-state index contributed by atoms with van der Waals surface area (Å²) in [5.74, 6) is 0.160. The molecule has 1 saturated carbocycles. The summed E-state index contributed by atoms with van der Waals surface area (Å²) < 4.78 is 30.4. The zero-order valence-corrected chi connectivity index (χ0v) is 25.4. The second kappa shape index (κ2) is 13.6. The summed E-state index contributed by atoms with van der Waals surface area (Å²) >= 11 is 1.31. The number of imidazole rings is 1. The lowest BCUT2D eigenvalue weighted by molar-refractivity contribution is 0.0681. The predicted molar refractivity (Wildman–Crippen MR) is 161 cm³/mol. The fraction of sp³-hybridized carbons (Fsp3) is 0.433. The molecule has 3 aromatic rings. The number of carboxylic acids is 1. The molecule has 2 amide bonds. The molecule has 0 radical (unpaired) electrons. The Bertz CT molecular complexity index is 1480. The molecule has 2 aromatic carbocycles. The van der Waals surface area contributed by atoms with Crippen molar-refractivity contribution in [3.63, 3.8) is 0 Å². The Morgan fingerprint density at radius 3 is 2.41 bits per heavy atom. The third kappa shape index (κ3) is 7.32. The zero-order chi connectivity index (χ0) is 29.6. The number of carboxylic acid groups (broad SMARTS) is 1. The Kier molecular flexibility index (Phi) is 10.1. The van der Waals surface area contributed by atoms with E-state index in [1.807, 2.05) is 44.4 Å². The van der Waals surface area contributed by atoms with Crippen LogP contribution in [-0.2, 0) is 16.6 Å². The average Bonchev–Trinajstić information content (AvgIpc) is 3.35. The number of benzene rings is 2. The van der Waals surface area contributed by atoms with Gasteiger partial charge in [-0.2, -0.15) is 0 Å². The van der Waals surface area contributed by atoms with Crippen LogP contribution in [0.1, 0.15) is 80.2 Å². The van der Waals surface area contributed by atoms with Crippen molar-refractivity contribution in [2.45, 2.75) is 74.8 Å². The summed E-state index contributed by atoms with van der Waals surface area (Å²) in [4.78, 5) is 29.2. The third-order valence-corrected chi connectivity index (χ3v) is 9.76. The molecule has 1 heterocycles. The summed E-state index contributed by atoms with van der Waals surface area (Å²) in [7, 11) is -4.13. The molecule has 220 valence electrons. The molecule has 1 aliphatic rings. The number of hydrogen-bond donors (Lipinski definition) is 3. The number of urea groups is 1. The van der Waals surface area contributed by atoms with Gasteiger partial charge in [0.05, 0.1) is 4.90 Å². The van der Waals surface area contributed by atoms with Gasteiger partial charge in [-0.15, -0.1) is 11.8 Å². The van der Waals surface area contributed by atoms with E-state index in [0.717, 1.165) is 43.5 Å². The number of nitrogens with one attached hydrogen (secondary N) is 2. The lowest BCUT2D eigenvalue weighted by Crippen LogP contribution is -2.41. The standard InChI is InChI=1S/C30H38N4O5S2/c1-4-20(2)27-32-28(40-3)26(29(35)36)34(27)19-22-14-16-23(17-15-22)24-12-8-9-13-25(24)41(38,39)33-30(37)31-18-21-10-6-5-7-11-21/h8-9,12-17,20-21H,4-7,10-11,18-19H2,1-3H3,(H,35,36)(H2,31,33,37). The molecule has 9 nitrogen and oxygen atoms in total. The summed E-state index contributed by atoms with van der Waals surface area (Å²) in [6.07, 6.45) is 8.21. The molecule has 1 atom stereocenters. The zero-order valence-electron chi connectivity index (χ0n) is 23.7. The molecule has 1 aliphatic carbocycles. The first-order valence-electron chi connectivity index (χ1n) is 14.0. The SMILES string of the molecule is CCC(C)c1nc(SC)c(C(=O)O)n1Cc1ccc(-c2ccccc2S(=O)(=O)NC(=O)NCC2CCCCC2)cc1. The van der Waals surface area contributed by atoms with Crippen molar-refractivity contribution < 1.29 is 23.1 Å². The number of amides is 2. The van der Waals surface area contributed by atoms with Crippen LogP contribution in [0.3, 0.4) is 0 Å². The summed E-state index contributed by atoms with van der Waals surface area (Å²) in [5.41, 5.74) is 2.14. The minimum absolute atomic E-state index is 0.00649. The minimum atomic E-state index is -4.13. The lowest BCUT2D eigenvalue weighted by atomic mass is 9.89. The van der Waals surface area contributed by atoms with Crippen LogP contribution in [0.25, 0.3) is 11.1 Å². The van der Waals surface area contributed by atoms with Gasteiger partial charge in [-0.3, -0.25) is 0 Å². The Morgan fingerprint density at radius 1 is 1.10 bits per heavy atom. The number of rotatable bonds is 11. The Hall–Kier alpha value is -3.31. The number of hydrogen-bond acceptors (Lipinski definition) is 6. The van der Waals surface area contributed by atoms with Crippen LogP contribution >= 0.6 is 11.8 Å². The van der Waals surface area contributed by atoms with Crippen LogP contribution in [0.2, 0.25) is 0 Å². The largest absolute Gasteiger partial charge is 0.476 e. The molecule has 0 aliphatic heterocycles. The van der Waals surface area contributed by atoms with Gasteiger partial charge >= 0.3 is 12.0 Å². The highest BCUT2D eigenvalue weighted by Gasteiger charge is 2.25. The van der Waals surface area contributed by atoms with Crippen LogP contribution < -0.4 is 10.0 Å². The fourth-order valence-electron chi connectivity index (χ4n) is 5.27. The predicted octanol–water partition coefficient (Wildman–Crippen LogP) is 6.10. The normalized spacial score (nSPS) is 14.9. The number of sulfonamides is 1. The summed E-state index contributed by atoms with van der Waals surface area (Å²) in [6, 6.07) is 13.2. The fourth-order valence-corrected chi connectivity index (χ4v) is 7.00. The minimum Gasteiger partial charge on any atom is -0.476 e. The van der Waals surface area contributed by atoms with Crippen molar-refractivity contribution in [3.05, 3.63) is 65.6 Å². The van der Waals surface area contributed by atoms with Gasteiger partial charge in [-0.25, -0.2) is 27.7 Å². The molecule has 3 N–H and O–H groups in total. The van der Waals surface area contributed by atoms with Gasteiger partial charge in [-0.05, 0) is 48.6 Å². The monoisotopic (exact) mass is 598 g/mol. The topological polar surface area (TPSA) is 130 Å². The van der Waals surface area contributed by atoms with Crippen molar-refractivity contribution in [1.82, 2.24) is 19.6 Å². The summed E-state index contributed by atoms with van der Waals surface area (Å²) in [5, 5.41) is 13.1. The molecule has 1 fully saturated rings. The average molecular weight is 599 g/mol. The molecule has 1 unspecified atom stereocenters. The highest BCUT2D eigenvalue weighted by atomic mass is 32.2. The van der Waals surface area contributed by atoms with E-state index in [9.17, 15) is 23.1 Å². The van der Waals surface area contributed by atoms with Gasteiger partial charge in [0.25, 0.3) is 10.0 Å². The Balaban J connectivity index is 1.54. The van der Waals surface area contributed by atoms with Gasteiger partial charge in [-0.1, -0.05) is 75.6 Å². The second-order valence-corrected chi connectivity index (χ2v) is 13.0. The van der Waals surface area contributed by atoms with Crippen LogP contribution in [0.15, 0.2) is 58.5 Å². The number of thioether (sulfide) groups is 1. The van der Waals surface area contributed by atoms with Gasteiger partial charge in [0.2, 0.25) is 0 Å². The van der Waals surface area contributed by atoms with Crippen molar-refractivity contribution in [3.8, 4) is 11.1 Å². The molecule has 11 heteroatoms. The van der Waals surface area contributed by atoms with Gasteiger partial charge in [0.15, 0.2) is 5.69 Å². The summed E-state index contributed by atoms with van der Waals surface area (Å²) in [6.45, 7) is 4.84. The number of carbonyl (C=O) groups excluding carboxylic acids is 1. The number of nitrogens with zero attached hydrogens (tertiary/aromatic N) is 2. The lowest BCUT2D eigenvalue weighted by Gasteiger charge is -2.21. The number of aromatic carboxylic acids is 1. The van der Waals surface area contributed by atoms with Crippen molar-refractivity contribution in [2.24, 2.45) is 5.92 Å². The molecular formula is C30H38N4O5S2. The maximum absolute atomic E-state index is 13.2. The van der Waals surface area contributed by atoms with Crippen molar-refractivity contribution >= 4 is 33.8 Å². The second-order valence-electron chi connectivity index (χ2n) is 10.5. The third-order valence-electron chi connectivity index (χ3n) is 7.70. The molecule has 0 spiro atoms. The molecule has 4 rings (SSSR count). The van der Waals surface area contributed by atoms with E-state index in [2.05, 4.69) is 15.0 Å². The van der Waals surface area contributed by atoms with Gasteiger partial charge < -0.3 is 15.0 Å². The first-order chi connectivity index (χ1) is 19.6. The van der Waals surface area contributed by atoms with E-state index in [1.165, 1.54) is 24.2 Å². The van der Waals surface area contributed by atoms with E-state index >= 15 is 0 Å². The van der Waals surface area contributed by atoms with Crippen molar-refractivity contribution in [2.75, 3.05) is 12.8 Å². The number of aromatic nitrogens is 2. The van der Waals surface area contributed by atoms with E-state index in [0.29, 0.717) is 35.2 Å². The molecule has 1 aromatic heterocycles. The molecular weight excluding hydrogens is 560 g/mol. The Labute approximate surface area is 246 Å². The Morgan fingerprint density at radius 2 is 1.78 bits per heavy atom. The molecule has 0 saturated heterocycles. The van der Waals surface area contributed by atoms with E-state index < -0.39 is 22.0 Å². The van der Waals surface area contributed by atoms with Gasteiger partial charge in [0, 0.05) is 24.6 Å². The van der Waals surface area contributed by atoms with Gasteiger partial charge in [0.1, 0.15) is 10.9 Å². The maximum atomic E-state index is 13.2. The quantitative estimate of drug-likeness (QED) is 0.227. The van der Waals surface area contributed by atoms with E-state index in [4.69, 9.17) is 0 Å². The van der Waals surface area contributed by atoms with Crippen LogP contribution in [0, 0.1) is 5.92 Å².